The molecular formula is C17H21FO. The Morgan fingerprint density at radius 3 is 2.79 bits per heavy atom. The fourth-order valence-corrected chi connectivity index (χ4v) is 3.54. The third-order valence-electron chi connectivity index (χ3n) is 4.62. The van der Waals surface area contributed by atoms with E-state index >= 15 is 0 Å². The van der Waals surface area contributed by atoms with E-state index in [4.69, 9.17) is 0 Å². The van der Waals surface area contributed by atoms with Crippen LogP contribution in [0.25, 0.3) is 0 Å². The standard InChI is InChI=1S/C17H21FO/c18-16-10-6-9-15-14(16)11-12-17(15,19)13-7-4-2-1-3-5-8-13/h6-7,9-10,19H,1-5,8,11-12H2/b13-7+. The number of rotatable bonds is 1. The molecule has 0 radical (unpaired) electrons. The number of hydrogen-bond acceptors (Lipinski definition) is 1. The summed E-state index contributed by atoms with van der Waals surface area (Å²) in [6, 6.07) is 5.11. The highest BCUT2D eigenvalue weighted by Gasteiger charge is 2.40. The van der Waals surface area contributed by atoms with E-state index in [9.17, 15) is 9.50 Å². The molecule has 0 spiro atoms. The molecule has 0 amide bonds. The predicted octanol–water partition coefficient (Wildman–Crippen LogP) is 4.24. The third-order valence-corrected chi connectivity index (χ3v) is 4.62. The Bertz CT molecular complexity index is 506. The highest BCUT2D eigenvalue weighted by Crippen LogP contribution is 2.45. The third kappa shape index (κ3) is 2.23. The largest absolute Gasteiger partial charge is 0.381 e. The van der Waals surface area contributed by atoms with Gasteiger partial charge in [-0.25, -0.2) is 4.39 Å². The zero-order valence-corrected chi connectivity index (χ0v) is 11.3. The van der Waals surface area contributed by atoms with Crippen LogP contribution in [0.1, 0.15) is 56.1 Å². The summed E-state index contributed by atoms with van der Waals surface area (Å²) in [6.45, 7) is 0. The number of aliphatic hydroxyl groups is 1. The van der Waals surface area contributed by atoms with E-state index in [1.54, 1.807) is 6.07 Å². The van der Waals surface area contributed by atoms with Gasteiger partial charge in [0.25, 0.3) is 0 Å². The molecule has 0 heterocycles. The average Bonchev–Trinajstić information content (AvgIpc) is 2.69. The minimum absolute atomic E-state index is 0.167. The molecule has 0 bridgehead atoms. The van der Waals surface area contributed by atoms with E-state index < -0.39 is 5.60 Å². The molecule has 3 rings (SSSR count). The molecule has 1 N–H and O–H groups in total. The minimum atomic E-state index is -0.908. The molecule has 0 saturated heterocycles. The van der Waals surface area contributed by atoms with E-state index in [2.05, 4.69) is 6.08 Å². The highest BCUT2D eigenvalue weighted by atomic mass is 19.1. The van der Waals surface area contributed by atoms with Gasteiger partial charge in [0.2, 0.25) is 0 Å². The van der Waals surface area contributed by atoms with Gasteiger partial charge in [-0.2, -0.15) is 0 Å². The molecule has 0 saturated carbocycles. The molecule has 1 aromatic carbocycles. The Morgan fingerprint density at radius 1 is 1.05 bits per heavy atom. The smallest absolute Gasteiger partial charge is 0.126 e. The van der Waals surface area contributed by atoms with Crippen molar-refractivity contribution < 1.29 is 9.50 Å². The Balaban J connectivity index is 1.99. The van der Waals surface area contributed by atoms with Crippen LogP contribution in [0.5, 0.6) is 0 Å². The van der Waals surface area contributed by atoms with Crippen LogP contribution in [0.3, 0.4) is 0 Å². The first-order chi connectivity index (χ1) is 9.22. The van der Waals surface area contributed by atoms with E-state index in [1.807, 2.05) is 6.07 Å². The first-order valence-corrected chi connectivity index (χ1v) is 7.41. The van der Waals surface area contributed by atoms with Crippen molar-refractivity contribution in [2.75, 3.05) is 0 Å². The topological polar surface area (TPSA) is 20.2 Å². The molecule has 1 atom stereocenters. The van der Waals surface area contributed by atoms with Crippen LogP contribution in [0.15, 0.2) is 29.8 Å². The van der Waals surface area contributed by atoms with Gasteiger partial charge in [0, 0.05) is 0 Å². The number of allylic oxidation sites excluding steroid dienone is 1. The molecule has 0 aliphatic heterocycles. The summed E-state index contributed by atoms with van der Waals surface area (Å²) in [5.41, 5.74) is 1.73. The second-order valence-corrected chi connectivity index (χ2v) is 5.81. The summed E-state index contributed by atoms with van der Waals surface area (Å²) in [4.78, 5) is 0. The number of halogens is 1. The minimum Gasteiger partial charge on any atom is -0.381 e. The van der Waals surface area contributed by atoms with Crippen molar-refractivity contribution in [3.63, 3.8) is 0 Å². The summed E-state index contributed by atoms with van der Waals surface area (Å²) in [7, 11) is 0. The zero-order chi connectivity index (χ0) is 13.3. The lowest BCUT2D eigenvalue weighted by Gasteiger charge is -2.29. The van der Waals surface area contributed by atoms with Crippen molar-refractivity contribution >= 4 is 0 Å². The van der Waals surface area contributed by atoms with Crippen molar-refractivity contribution in [1.29, 1.82) is 0 Å². The molecule has 2 aliphatic rings. The van der Waals surface area contributed by atoms with Crippen molar-refractivity contribution in [3.8, 4) is 0 Å². The maximum atomic E-state index is 13.8. The van der Waals surface area contributed by atoms with Gasteiger partial charge in [0.05, 0.1) is 0 Å². The normalized spacial score (nSPS) is 30.1. The van der Waals surface area contributed by atoms with Crippen LogP contribution >= 0.6 is 0 Å². The van der Waals surface area contributed by atoms with Crippen LogP contribution in [0, 0.1) is 5.82 Å². The van der Waals surface area contributed by atoms with Crippen LogP contribution in [-0.4, -0.2) is 5.11 Å². The quantitative estimate of drug-likeness (QED) is 0.749. The van der Waals surface area contributed by atoms with E-state index in [0.29, 0.717) is 18.4 Å². The molecule has 1 aromatic rings. The average molecular weight is 260 g/mol. The molecule has 2 heteroatoms. The molecular weight excluding hydrogens is 239 g/mol. The Hall–Kier alpha value is -1.15. The lowest BCUT2D eigenvalue weighted by atomic mass is 9.82. The fourth-order valence-electron chi connectivity index (χ4n) is 3.54. The maximum Gasteiger partial charge on any atom is 0.126 e. The number of fused-ring (bicyclic) bond motifs is 1. The first-order valence-electron chi connectivity index (χ1n) is 7.41. The van der Waals surface area contributed by atoms with Crippen LogP contribution < -0.4 is 0 Å². The Labute approximate surface area is 114 Å². The van der Waals surface area contributed by atoms with Gasteiger partial charge in [0.1, 0.15) is 11.4 Å². The molecule has 19 heavy (non-hydrogen) atoms. The number of benzene rings is 1. The van der Waals surface area contributed by atoms with Gasteiger partial charge < -0.3 is 5.11 Å². The maximum absolute atomic E-state index is 13.8. The van der Waals surface area contributed by atoms with Gasteiger partial charge in [0.15, 0.2) is 0 Å². The Morgan fingerprint density at radius 2 is 1.89 bits per heavy atom. The monoisotopic (exact) mass is 260 g/mol. The number of hydrogen-bond donors (Lipinski definition) is 1. The molecule has 0 fully saturated rings. The lowest BCUT2D eigenvalue weighted by Crippen LogP contribution is -2.25. The van der Waals surface area contributed by atoms with Crippen LogP contribution in [0.4, 0.5) is 4.39 Å². The van der Waals surface area contributed by atoms with E-state index in [1.165, 1.54) is 25.3 Å². The summed E-state index contributed by atoms with van der Waals surface area (Å²) in [5, 5.41) is 11.1. The van der Waals surface area contributed by atoms with Crippen molar-refractivity contribution in [3.05, 3.63) is 46.8 Å². The van der Waals surface area contributed by atoms with Crippen molar-refractivity contribution in [1.82, 2.24) is 0 Å². The summed E-state index contributed by atoms with van der Waals surface area (Å²) in [5.74, 6) is -0.167. The molecule has 1 unspecified atom stereocenters. The molecule has 0 aromatic heterocycles. The van der Waals surface area contributed by atoms with Crippen molar-refractivity contribution in [2.45, 2.75) is 57.0 Å². The zero-order valence-electron chi connectivity index (χ0n) is 11.3. The van der Waals surface area contributed by atoms with E-state index in [-0.39, 0.29) is 5.82 Å². The van der Waals surface area contributed by atoms with Gasteiger partial charge in [-0.15, -0.1) is 0 Å². The van der Waals surface area contributed by atoms with Crippen LogP contribution in [-0.2, 0) is 12.0 Å². The molecule has 102 valence electrons. The SMILES string of the molecule is OC1(/C2=C/CCCCCC2)CCc2c(F)cccc21. The fraction of sp³-hybridized carbons (Fsp3) is 0.529. The summed E-state index contributed by atoms with van der Waals surface area (Å²) in [6.07, 6.45) is 10.4. The van der Waals surface area contributed by atoms with Gasteiger partial charge >= 0.3 is 0 Å². The summed E-state index contributed by atoms with van der Waals surface area (Å²) >= 11 is 0. The van der Waals surface area contributed by atoms with Crippen LogP contribution in [0.2, 0.25) is 0 Å². The van der Waals surface area contributed by atoms with Gasteiger partial charge in [-0.1, -0.05) is 31.1 Å². The van der Waals surface area contributed by atoms with Gasteiger partial charge in [-0.05, 0) is 61.3 Å². The van der Waals surface area contributed by atoms with Crippen molar-refractivity contribution in [2.24, 2.45) is 0 Å². The summed E-state index contributed by atoms with van der Waals surface area (Å²) < 4.78 is 13.8. The second kappa shape index (κ2) is 5.09. The highest BCUT2D eigenvalue weighted by molar-refractivity contribution is 5.44. The second-order valence-electron chi connectivity index (χ2n) is 5.81. The predicted molar refractivity (Wildman–Crippen MR) is 74.4 cm³/mol. The van der Waals surface area contributed by atoms with E-state index in [0.717, 1.165) is 30.4 Å². The molecule has 1 nitrogen and oxygen atoms in total. The van der Waals surface area contributed by atoms with Gasteiger partial charge in [-0.3, -0.25) is 0 Å². The first kappa shape index (κ1) is 12.9. The molecule has 2 aliphatic carbocycles. The Kier molecular flexibility index (Phi) is 3.44. The lowest BCUT2D eigenvalue weighted by molar-refractivity contribution is 0.0733.